The molecule has 4 N–H and O–H groups in total. The summed E-state index contributed by atoms with van der Waals surface area (Å²) in [5, 5.41) is 0. The normalized spacial score (nSPS) is 24.5. The maximum Gasteiger partial charge on any atom is 0.330 e. The summed E-state index contributed by atoms with van der Waals surface area (Å²) in [6, 6.07) is 0. The van der Waals surface area contributed by atoms with E-state index < -0.39 is 44.1 Å². The standard InChI is InChI=1S/C15H22N3O8PS2/c1-9(29-28-2)25-11-6-13(26-12(11)8-24-27(21,22)23)18-7-10(4-3-5-16)14(19)17-15(18)20/h7,9,11-13H,5-6,8,16H2,1-2H3,(H,17,19,20)(H2,21,22,23)/p-1/t9-,11+,12+,13+/m0/s1. The quantitative estimate of drug-likeness (QED) is 0.193. The first-order valence-corrected chi connectivity index (χ1v) is 12.5. The molecule has 1 aromatic rings. The Balaban J connectivity index is 2.28. The Morgan fingerprint density at radius 1 is 1.59 bits per heavy atom. The molecule has 0 saturated carbocycles. The van der Waals surface area contributed by atoms with Crippen LogP contribution in [-0.4, -0.2) is 51.5 Å². The topological polar surface area (TPSA) is 169 Å². The van der Waals surface area contributed by atoms with E-state index >= 15 is 0 Å². The minimum absolute atomic E-state index is 0.0292. The van der Waals surface area contributed by atoms with Crippen molar-refractivity contribution < 1.29 is 28.3 Å². The Morgan fingerprint density at radius 2 is 2.31 bits per heavy atom. The van der Waals surface area contributed by atoms with E-state index in [0.29, 0.717) is 0 Å². The molecule has 5 atom stereocenters. The highest BCUT2D eigenvalue weighted by Crippen LogP contribution is 2.37. The fourth-order valence-corrected chi connectivity index (χ4v) is 4.41. The van der Waals surface area contributed by atoms with Gasteiger partial charge < -0.3 is 29.5 Å². The molecule has 0 radical (unpaired) electrons. The average molecular weight is 466 g/mol. The molecular formula is C15H21N3O8PS2-. The number of phosphoric acid groups is 1. The SMILES string of the molecule is CSS[C@@H](C)O[C@@H]1C[C@H](n2cc(C#CCN)c(=O)[nH]c2=O)O[C@@H]1COP(=O)([O-])O. The number of ether oxygens (including phenoxy) is 2. The van der Waals surface area contributed by atoms with Gasteiger partial charge in [-0.25, -0.2) is 4.79 Å². The van der Waals surface area contributed by atoms with Crippen molar-refractivity contribution in [2.24, 2.45) is 5.73 Å². The molecule has 11 nitrogen and oxygen atoms in total. The number of hydrogen-bond acceptors (Lipinski definition) is 10. The Bertz CT molecular complexity index is 921. The van der Waals surface area contributed by atoms with Gasteiger partial charge in [0.25, 0.3) is 13.4 Å². The van der Waals surface area contributed by atoms with E-state index in [1.807, 2.05) is 13.2 Å². The van der Waals surface area contributed by atoms with Crippen LogP contribution in [0.4, 0.5) is 0 Å². The first-order chi connectivity index (χ1) is 13.6. The van der Waals surface area contributed by atoms with Crippen molar-refractivity contribution >= 4 is 29.4 Å². The van der Waals surface area contributed by atoms with Gasteiger partial charge in [-0.2, -0.15) is 0 Å². The lowest BCUT2D eigenvalue weighted by molar-refractivity contribution is -0.223. The summed E-state index contributed by atoms with van der Waals surface area (Å²) < 4.78 is 28.2. The summed E-state index contributed by atoms with van der Waals surface area (Å²) in [7, 11) is -2.03. The average Bonchev–Trinajstić information content (AvgIpc) is 3.01. The van der Waals surface area contributed by atoms with Crippen LogP contribution in [0.25, 0.3) is 0 Å². The molecule has 0 spiro atoms. The summed E-state index contributed by atoms with van der Waals surface area (Å²) in [6.45, 7) is 1.35. The number of rotatable bonds is 8. The number of hydrogen-bond donors (Lipinski definition) is 3. The molecule has 1 fully saturated rings. The van der Waals surface area contributed by atoms with Gasteiger partial charge in [-0.1, -0.05) is 33.4 Å². The predicted molar refractivity (Wildman–Crippen MR) is 107 cm³/mol. The van der Waals surface area contributed by atoms with Gasteiger partial charge in [0.2, 0.25) is 0 Å². The first kappa shape index (κ1) is 24.2. The molecule has 1 unspecified atom stereocenters. The number of phosphoric ester groups is 1. The Labute approximate surface area is 174 Å². The third-order valence-electron chi connectivity index (χ3n) is 3.78. The van der Waals surface area contributed by atoms with Crippen LogP contribution < -0.4 is 21.9 Å². The number of nitrogens with zero attached hydrogens (tertiary/aromatic N) is 1. The number of nitrogens with two attached hydrogens (primary N) is 1. The molecule has 29 heavy (non-hydrogen) atoms. The molecular weight excluding hydrogens is 445 g/mol. The van der Waals surface area contributed by atoms with E-state index in [1.165, 1.54) is 27.8 Å². The lowest BCUT2D eigenvalue weighted by atomic mass is 10.2. The van der Waals surface area contributed by atoms with E-state index in [0.717, 1.165) is 4.57 Å². The summed E-state index contributed by atoms with van der Waals surface area (Å²) in [4.78, 5) is 46.1. The maximum atomic E-state index is 12.2. The molecule has 162 valence electrons. The Kier molecular flexibility index (Phi) is 9.02. The monoisotopic (exact) mass is 466 g/mol. The van der Waals surface area contributed by atoms with Gasteiger partial charge in [0.15, 0.2) is 0 Å². The molecule has 2 rings (SSSR count). The third-order valence-corrected chi connectivity index (χ3v) is 6.22. The van der Waals surface area contributed by atoms with Gasteiger partial charge in [0.1, 0.15) is 23.3 Å². The van der Waals surface area contributed by atoms with Gasteiger partial charge >= 0.3 is 5.69 Å². The van der Waals surface area contributed by atoms with Crippen LogP contribution in [0.3, 0.4) is 0 Å². The highest BCUT2D eigenvalue weighted by molar-refractivity contribution is 8.76. The zero-order chi connectivity index (χ0) is 21.6. The highest BCUT2D eigenvalue weighted by atomic mass is 33.1. The largest absolute Gasteiger partial charge is 0.756 e. The number of aromatic amines is 1. The lowest BCUT2D eigenvalue weighted by Gasteiger charge is -2.24. The summed E-state index contributed by atoms with van der Waals surface area (Å²) >= 11 is 0. The van der Waals surface area contributed by atoms with E-state index in [9.17, 15) is 19.0 Å². The van der Waals surface area contributed by atoms with Crippen molar-refractivity contribution in [3.05, 3.63) is 32.6 Å². The van der Waals surface area contributed by atoms with Gasteiger partial charge in [0.05, 0.1) is 19.3 Å². The minimum atomic E-state index is -4.96. The molecule has 1 saturated heterocycles. The summed E-state index contributed by atoms with van der Waals surface area (Å²) in [5.41, 5.74) is 3.70. The van der Waals surface area contributed by atoms with Crippen LogP contribution in [0.15, 0.2) is 15.8 Å². The molecule has 1 aliphatic heterocycles. The molecule has 1 aromatic heterocycles. The molecule has 14 heteroatoms. The fraction of sp³-hybridized carbons (Fsp3) is 0.600. The second kappa shape index (κ2) is 10.8. The van der Waals surface area contributed by atoms with Crippen LogP contribution in [0.2, 0.25) is 0 Å². The second-order valence-corrected chi connectivity index (χ2v) is 9.81. The van der Waals surface area contributed by atoms with Gasteiger partial charge in [-0.05, 0) is 13.2 Å². The van der Waals surface area contributed by atoms with Crippen LogP contribution in [0.5, 0.6) is 0 Å². The predicted octanol–water partition coefficient (Wildman–Crippen LogP) is -0.646. The molecule has 0 aliphatic carbocycles. The second-order valence-electron chi connectivity index (χ2n) is 5.85. The van der Waals surface area contributed by atoms with E-state index in [2.05, 4.69) is 21.3 Å². The molecule has 0 aromatic carbocycles. The van der Waals surface area contributed by atoms with Gasteiger partial charge in [0, 0.05) is 12.6 Å². The van der Waals surface area contributed by atoms with E-state index in [4.69, 9.17) is 20.1 Å². The summed E-state index contributed by atoms with van der Waals surface area (Å²) in [5.74, 6) is 5.11. The van der Waals surface area contributed by atoms with Crippen molar-refractivity contribution in [2.45, 2.75) is 37.2 Å². The van der Waals surface area contributed by atoms with Gasteiger partial charge in [-0.15, -0.1) is 0 Å². The van der Waals surface area contributed by atoms with Crippen molar-refractivity contribution in [2.75, 3.05) is 19.4 Å². The highest BCUT2D eigenvalue weighted by Gasteiger charge is 2.39. The third kappa shape index (κ3) is 7.29. The minimum Gasteiger partial charge on any atom is -0.756 e. The van der Waals surface area contributed by atoms with Crippen LogP contribution in [-0.2, 0) is 18.6 Å². The maximum absolute atomic E-state index is 12.2. The Hall–Kier alpha value is -1.07. The van der Waals surface area contributed by atoms with Crippen molar-refractivity contribution in [3.63, 3.8) is 0 Å². The lowest BCUT2D eigenvalue weighted by Crippen LogP contribution is -2.34. The smallest absolute Gasteiger partial charge is 0.330 e. The van der Waals surface area contributed by atoms with E-state index in [-0.39, 0.29) is 24.0 Å². The molecule has 2 heterocycles. The van der Waals surface area contributed by atoms with Crippen molar-refractivity contribution in [1.82, 2.24) is 9.55 Å². The first-order valence-electron chi connectivity index (χ1n) is 8.37. The van der Waals surface area contributed by atoms with Crippen molar-refractivity contribution in [1.29, 1.82) is 0 Å². The van der Waals surface area contributed by atoms with Crippen LogP contribution in [0, 0.1) is 11.8 Å². The van der Waals surface area contributed by atoms with Crippen LogP contribution >= 0.6 is 29.4 Å². The molecule has 0 amide bonds. The number of H-pyrrole nitrogens is 1. The fourth-order valence-electron chi connectivity index (χ4n) is 2.67. The zero-order valence-electron chi connectivity index (χ0n) is 15.6. The van der Waals surface area contributed by atoms with Crippen LogP contribution in [0.1, 0.15) is 25.1 Å². The Morgan fingerprint density at radius 3 is 2.93 bits per heavy atom. The zero-order valence-corrected chi connectivity index (χ0v) is 18.1. The van der Waals surface area contributed by atoms with E-state index in [1.54, 1.807) is 0 Å². The number of aromatic nitrogens is 2. The molecule has 1 aliphatic rings. The number of nitrogens with one attached hydrogen (secondary N) is 1. The summed E-state index contributed by atoms with van der Waals surface area (Å²) in [6.07, 6.45) is 0.933. The van der Waals surface area contributed by atoms with Gasteiger partial charge in [-0.3, -0.25) is 18.9 Å². The molecule has 0 bridgehead atoms. The van der Waals surface area contributed by atoms with Crippen molar-refractivity contribution in [3.8, 4) is 11.8 Å².